The average molecular weight is 575 g/mol. The highest BCUT2D eigenvalue weighted by Crippen LogP contribution is 2.72. The minimum atomic E-state index is -0.879. The van der Waals surface area contributed by atoms with Crippen LogP contribution in [0, 0.1) is 17.8 Å². The van der Waals surface area contributed by atoms with Crippen molar-refractivity contribution < 1.29 is 24.2 Å². The van der Waals surface area contributed by atoms with Gasteiger partial charge in [-0.05, 0) is 50.7 Å². The molecule has 1 N–H and O–H groups in total. The quantitative estimate of drug-likeness (QED) is 0.218. The number of unbranched alkanes of at least 4 members (excludes halogenated alkanes) is 1. The molecule has 3 fully saturated rings. The second kappa shape index (κ2) is 11.7. The minimum absolute atomic E-state index is 0.111. The van der Waals surface area contributed by atoms with E-state index in [0.717, 1.165) is 6.42 Å². The van der Waals surface area contributed by atoms with Crippen molar-refractivity contribution in [1.29, 1.82) is 0 Å². The van der Waals surface area contributed by atoms with Gasteiger partial charge in [0.2, 0.25) is 5.91 Å². The summed E-state index contributed by atoms with van der Waals surface area (Å²) in [6.45, 7) is 13.6. The van der Waals surface area contributed by atoms with E-state index in [4.69, 9.17) is 16.3 Å². The van der Waals surface area contributed by atoms with Crippen molar-refractivity contribution >= 4 is 46.8 Å². The monoisotopic (exact) mass is 574 g/mol. The first-order valence-corrected chi connectivity index (χ1v) is 14.8. The number of fused-ring (bicyclic) bond motifs is 1. The Morgan fingerprint density at radius 2 is 2.00 bits per heavy atom. The van der Waals surface area contributed by atoms with Crippen LogP contribution in [0.15, 0.2) is 49.6 Å². The van der Waals surface area contributed by atoms with E-state index in [1.165, 1.54) is 0 Å². The highest BCUT2D eigenvalue weighted by atomic mass is 35.5. The number of hydrogen-bond acceptors (Lipinski definition) is 6. The van der Waals surface area contributed by atoms with Gasteiger partial charge in [-0.2, -0.15) is 0 Å². The third-order valence-electron chi connectivity index (χ3n) is 8.53. The summed E-state index contributed by atoms with van der Waals surface area (Å²) in [7, 11) is 0. The van der Waals surface area contributed by atoms with Crippen LogP contribution in [0.2, 0.25) is 5.02 Å². The number of carbonyl (C=O) groups is 3. The van der Waals surface area contributed by atoms with Crippen LogP contribution >= 0.6 is 23.4 Å². The molecule has 1 spiro atoms. The minimum Gasteiger partial charge on any atom is -0.465 e. The van der Waals surface area contributed by atoms with Crippen molar-refractivity contribution in [2.75, 3.05) is 24.7 Å². The maximum Gasteiger partial charge on any atom is 0.311 e. The topological polar surface area (TPSA) is 87.1 Å². The molecular weight excluding hydrogens is 536 g/mol. The number of esters is 1. The standard InChI is InChI=1S/C30H39ClN2O5S/c1-6-8-11-17-38-28(37)24-23-26(35)33(22(18-34)19(3)4)25(30(23)15-14-29(24,5)39-30)27(36)32(16-7-2)21-13-10-9-12-20(21)31/h6-7,9-10,12-13,19,22-25,34H,1-2,8,11,14-18H2,3-5H3/t22-,23-,24-,25?,29+,30?/m0/s1. The number of aliphatic hydroxyl groups is 1. The van der Waals surface area contributed by atoms with Gasteiger partial charge in [0.1, 0.15) is 6.04 Å². The van der Waals surface area contributed by atoms with Crippen LogP contribution in [0.4, 0.5) is 5.69 Å². The summed E-state index contributed by atoms with van der Waals surface area (Å²) in [5.74, 6) is -2.43. The zero-order valence-electron chi connectivity index (χ0n) is 23.0. The van der Waals surface area contributed by atoms with Crippen molar-refractivity contribution in [3.63, 3.8) is 0 Å². The predicted molar refractivity (Wildman–Crippen MR) is 156 cm³/mol. The summed E-state index contributed by atoms with van der Waals surface area (Å²) in [6, 6.07) is 5.64. The summed E-state index contributed by atoms with van der Waals surface area (Å²) in [5, 5.41) is 10.9. The van der Waals surface area contributed by atoms with Crippen molar-refractivity contribution in [2.24, 2.45) is 17.8 Å². The molecule has 7 nitrogen and oxygen atoms in total. The third-order valence-corrected chi connectivity index (χ3v) is 10.8. The van der Waals surface area contributed by atoms with Crippen LogP contribution in [0.3, 0.4) is 0 Å². The Bertz CT molecular complexity index is 1140. The SMILES string of the molecule is C=CCCCOC(=O)[C@@H]1[C@H]2C(=O)N([C@@H](CO)C(C)C)C(C(=O)N(CC=C)c3ccccc3Cl)C23CC[C@@]1(C)S3. The maximum absolute atomic E-state index is 14.6. The van der Waals surface area contributed by atoms with E-state index in [0.29, 0.717) is 30.0 Å². The van der Waals surface area contributed by atoms with Gasteiger partial charge in [-0.1, -0.05) is 49.7 Å². The van der Waals surface area contributed by atoms with Gasteiger partial charge in [-0.3, -0.25) is 14.4 Å². The molecule has 1 aromatic rings. The van der Waals surface area contributed by atoms with Crippen LogP contribution < -0.4 is 4.90 Å². The fourth-order valence-electron chi connectivity index (χ4n) is 6.72. The Labute approximate surface area is 240 Å². The number of thioether (sulfide) groups is 1. The van der Waals surface area contributed by atoms with Gasteiger partial charge in [0, 0.05) is 11.3 Å². The van der Waals surface area contributed by atoms with Gasteiger partial charge in [-0.25, -0.2) is 0 Å². The summed E-state index contributed by atoms with van der Waals surface area (Å²) in [6.07, 6.45) is 6.10. The largest absolute Gasteiger partial charge is 0.465 e. The number of nitrogens with zero attached hydrogens (tertiary/aromatic N) is 2. The molecule has 3 aliphatic rings. The summed E-state index contributed by atoms with van der Waals surface area (Å²) in [5.41, 5.74) is 0.531. The van der Waals surface area contributed by atoms with Crippen LogP contribution in [0.1, 0.15) is 46.5 Å². The number of allylic oxidation sites excluding steroid dienone is 1. The number of likely N-dealkylation sites (tertiary alicyclic amines) is 1. The van der Waals surface area contributed by atoms with Crippen LogP contribution in [0.25, 0.3) is 0 Å². The van der Waals surface area contributed by atoms with Crippen LogP contribution in [0.5, 0.6) is 0 Å². The zero-order chi connectivity index (χ0) is 28.5. The Morgan fingerprint density at radius 1 is 1.28 bits per heavy atom. The second-order valence-corrected chi connectivity index (χ2v) is 13.6. The first-order chi connectivity index (χ1) is 18.6. The van der Waals surface area contributed by atoms with Crippen molar-refractivity contribution in [2.45, 2.75) is 68.0 Å². The molecule has 2 bridgehead atoms. The molecule has 3 saturated heterocycles. The third kappa shape index (κ3) is 4.93. The molecule has 0 saturated carbocycles. The number of carbonyl (C=O) groups excluding carboxylic acids is 3. The van der Waals surface area contributed by atoms with Gasteiger partial charge in [0.15, 0.2) is 0 Å². The Morgan fingerprint density at radius 3 is 2.62 bits per heavy atom. The number of hydrogen-bond donors (Lipinski definition) is 1. The number of anilines is 1. The van der Waals surface area contributed by atoms with Crippen LogP contribution in [-0.2, 0) is 19.1 Å². The molecule has 4 rings (SSSR count). The number of amides is 2. The van der Waals surface area contributed by atoms with E-state index < -0.39 is 33.4 Å². The molecule has 3 aliphatic heterocycles. The number of halogens is 1. The van der Waals surface area contributed by atoms with E-state index in [-0.39, 0.29) is 43.5 Å². The fraction of sp³-hybridized carbons (Fsp3) is 0.567. The lowest BCUT2D eigenvalue weighted by molar-refractivity contribution is -0.156. The van der Waals surface area contributed by atoms with Gasteiger partial charge in [-0.15, -0.1) is 24.9 Å². The highest BCUT2D eigenvalue weighted by molar-refractivity contribution is 8.02. The maximum atomic E-state index is 14.6. The molecule has 212 valence electrons. The summed E-state index contributed by atoms with van der Waals surface area (Å²) in [4.78, 5) is 45.7. The molecule has 1 aromatic carbocycles. The molecule has 2 unspecified atom stereocenters. The predicted octanol–water partition coefficient (Wildman–Crippen LogP) is 4.87. The normalized spacial score (nSPS) is 29.8. The average Bonchev–Trinajstić information content (AvgIpc) is 3.46. The summed E-state index contributed by atoms with van der Waals surface area (Å²) < 4.78 is 4.34. The number of rotatable bonds is 12. The molecule has 2 amide bonds. The number of ether oxygens (including phenoxy) is 1. The van der Waals surface area contributed by atoms with Crippen molar-refractivity contribution in [3.05, 3.63) is 54.6 Å². The van der Waals surface area contributed by atoms with E-state index in [1.807, 2.05) is 26.8 Å². The molecule has 39 heavy (non-hydrogen) atoms. The lowest BCUT2D eigenvalue weighted by atomic mass is 9.66. The Kier molecular flexibility index (Phi) is 8.89. The van der Waals surface area contributed by atoms with Gasteiger partial charge in [0.05, 0.1) is 46.5 Å². The first-order valence-electron chi connectivity index (χ1n) is 13.7. The van der Waals surface area contributed by atoms with Crippen molar-refractivity contribution in [1.82, 2.24) is 4.90 Å². The van der Waals surface area contributed by atoms with Gasteiger partial charge in [0.25, 0.3) is 5.91 Å². The Hall–Kier alpha value is -2.29. The zero-order valence-corrected chi connectivity index (χ0v) is 24.5. The highest BCUT2D eigenvalue weighted by Gasteiger charge is 2.78. The number of benzene rings is 1. The van der Waals surface area contributed by atoms with Crippen molar-refractivity contribution in [3.8, 4) is 0 Å². The molecule has 0 radical (unpaired) electrons. The molecule has 0 aromatic heterocycles. The van der Waals surface area contributed by atoms with Crippen LogP contribution in [-0.4, -0.2) is 69.1 Å². The molecule has 9 heteroatoms. The van der Waals surface area contributed by atoms with E-state index in [9.17, 15) is 19.5 Å². The summed E-state index contributed by atoms with van der Waals surface area (Å²) >= 11 is 8.12. The smallest absolute Gasteiger partial charge is 0.311 e. The number of para-hydroxylation sites is 1. The first kappa shape index (κ1) is 29.7. The molecule has 0 aliphatic carbocycles. The number of aliphatic hydroxyl groups excluding tert-OH is 1. The molecule has 3 heterocycles. The van der Waals surface area contributed by atoms with Gasteiger partial charge >= 0.3 is 5.97 Å². The van der Waals surface area contributed by atoms with E-state index >= 15 is 0 Å². The Balaban J connectivity index is 1.80. The lowest BCUT2D eigenvalue weighted by Crippen LogP contribution is -2.58. The lowest BCUT2D eigenvalue weighted by Gasteiger charge is -2.40. The second-order valence-electron chi connectivity index (χ2n) is 11.3. The fourth-order valence-corrected chi connectivity index (χ4v) is 9.29. The van der Waals surface area contributed by atoms with E-state index in [2.05, 4.69) is 13.2 Å². The van der Waals surface area contributed by atoms with Gasteiger partial charge < -0.3 is 19.6 Å². The molecule has 6 atom stereocenters. The van der Waals surface area contributed by atoms with E-state index in [1.54, 1.807) is 51.9 Å². The molecular formula is C30H39ClN2O5S.